The number of hydrogen-bond donors (Lipinski definition) is 3. The van der Waals surface area contributed by atoms with Gasteiger partial charge in [-0.15, -0.1) is 12.4 Å². The van der Waals surface area contributed by atoms with Crippen molar-refractivity contribution in [3.8, 4) is 5.75 Å². The lowest BCUT2D eigenvalue weighted by Gasteiger charge is -2.34. The van der Waals surface area contributed by atoms with Crippen molar-refractivity contribution in [3.05, 3.63) is 29.8 Å². The minimum atomic E-state index is -0.824. The number of methoxy groups -OCH3 is 1. The van der Waals surface area contributed by atoms with Gasteiger partial charge in [-0.1, -0.05) is 18.2 Å². The predicted molar refractivity (Wildman–Crippen MR) is 89.8 cm³/mol. The minimum absolute atomic E-state index is 0. The number of para-hydroxylation sites is 1. The van der Waals surface area contributed by atoms with Crippen LogP contribution in [-0.2, 0) is 9.53 Å². The molecule has 2 rings (SSSR count). The van der Waals surface area contributed by atoms with Gasteiger partial charge >= 0.3 is 0 Å². The maximum absolute atomic E-state index is 12.5. The fraction of sp³-hybridized carbons (Fsp3) is 0.562. The largest absolute Gasteiger partial charge is 0.496 e. The summed E-state index contributed by atoms with van der Waals surface area (Å²) in [6, 6.07) is 7.21. The Balaban J connectivity index is 0.00000264. The van der Waals surface area contributed by atoms with E-state index in [1.165, 1.54) is 0 Å². The molecule has 1 saturated heterocycles. The first-order valence-corrected chi connectivity index (χ1v) is 7.50. The molecule has 0 aliphatic carbocycles. The molecule has 7 heteroatoms. The topological polar surface area (TPSA) is 93.8 Å². The number of benzene rings is 1. The Morgan fingerprint density at radius 3 is 2.70 bits per heavy atom. The van der Waals surface area contributed by atoms with Crippen molar-refractivity contribution in [2.75, 3.05) is 33.4 Å². The third-order valence-corrected chi connectivity index (χ3v) is 4.28. The van der Waals surface area contributed by atoms with Crippen LogP contribution < -0.4 is 15.8 Å². The zero-order chi connectivity index (χ0) is 16.0. The second-order valence-corrected chi connectivity index (χ2v) is 5.56. The number of nitrogens with two attached hydrogens (primary N) is 1. The highest BCUT2D eigenvalue weighted by molar-refractivity contribution is 5.85. The standard InChI is InChI=1S/C16H24N2O4.ClH/c1-21-14-5-3-2-4-12(14)13(19)10-18-15(20)16(11-17)6-8-22-9-7-16;/h2-5,13,19H,6-11,17H2,1H3,(H,18,20);1H. The van der Waals surface area contributed by atoms with E-state index in [-0.39, 0.29) is 31.4 Å². The summed E-state index contributed by atoms with van der Waals surface area (Å²) in [5.74, 6) is 0.483. The van der Waals surface area contributed by atoms with Crippen LogP contribution in [0.4, 0.5) is 0 Å². The predicted octanol–water partition coefficient (Wildman–Crippen LogP) is 1.02. The van der Waals surface area contributed by atoms with E-state index < -0.39 is 11.5 Å². The molecule has 1 aromatic carbocycles. The van der Waals surface area contributed by atoms with E-state index in [9.17, 15) is 9.90 Å². The number of amides is 1. The van der Waals surface area contributed by atoms with Crippen molar-refractivity contribution in [1.29, 1.82) is 0 Å². The molecule has 0 aromatic heterocycles. The summed E-state index contributed by atoms with van der Waals surface area (Å²) in [5, 5.41) is 13.1. The number of halogens is 1. The molecule has 1 aromatic rings. The third kappa shape index (κ3) is 4.57. The van der Waals surface area contributed by atoms with Crippen LogP contribution in [0.5, 0.6) is 5.75 Å². The molecule has 1 aliphatic heterocycles. The van der Waals surface area contributed by atoms with Crippen LogP contribution in [0.3, 0.4) is 0 Å². The molecule has 0 radical (unpaired) electrons. The Kier molecular flexibility index (Phi) is 7.78. The average Bonchev–Trinajstić information content (AvgIpc) is 2.59. The number of hydrogen-bond acceptors (Lipinski definition) is 5. The van der Waals surface area contributed by atoms with Gasteiger partial charge < -0.3 is 25.6 Å². The van der Waals surface area contributed by atoms with Crippen molar-refractivity contribution >= 4 is 18.3 Å². The van der Waals surface area contributed by atoms with Crippen LogP contribution in [0.2, 0.25) is 0 Å². The van der Waals surface area contributed by atoms with Crippen LogP contribution >= 0.6 is 12.4 Å². The van der Waals surface area contributed by atoms with Crippen LogP contribution in [0.15, 0.2) is 24.3 Å². The van der Waals surface area contributed by atoms with Crippen molar-refractivity contribution in [2.24, 2.45) is 11.1 Å². The van der Waals surface area contributed by atoms with Gasteiger partial charge in [0.2, 0.25) is 5.91 Å². The molecular weight excluding hydrogens is 320 g/mol. The van der Waals surface area contributed by atoms with Gasteiger partial charge in [0, 0.05) is 31.9 Å². The number of nitrogens with one attached hydrogen (secondary N) is 1. The third-order valence-electron chi connectivity index (χ3n) is 4.28. The zero-order valence-electron chi connectivity index (χ0n) is 13.3. The lowest BCUT2D eigenvalue weighted by molar-refractivity contribution is -0.136. The van der Waals surface area contributed by atoms with E-state index in [2.05, 4.69) is 5.32 Å². The summed E-state index contributed by atoms with van der Waals surface area (Å²) < 4.78 is 10.5. The molecule has 0 saturated carbocycles. The summed E-state index contributed by atoms with van der Waals surface area (Å²) in [6.45, 7) is 1.49. The summed E-state index contributed by atoms with van der Waals surface area (Å²) in [7, 11) is 1.55. The van der Waals surface area contributed by atoms with Crippen LogP contribution in [0, 0.1) is 5.41 Å². The van der Waals surface area contributed by atoms with Gasteiger partial charge in [0.15, 0.2) is 0 Å². The Hall–Kier alpha value is -1.34. The molecule has 1 atom stereocenters. The zero-order valence-corrected chi connectivity index (χ0v) is 14.1. The SMILES string of the molecule is COc1ccccc1C(O)CNC(=O)C1(CN)CCOCC1.Cl. The van der Waals surface area contributed by atoms with E-state index in [4.69, 9.17) is 15.2 Å². The number of aliphatic hydroxyl groups excluding tert-OH is 1. The molecule has 1 amide bonds. The lowest BCUT2D eigenvalue weighted by atomic mass is 9.79. The first kappa shape index (κ1) is 19.7. The van der Waals surface area contributed by atoms with Gasteiger partial charge in [0.25, 0.3) is 0 Å². The summed E-state index contributed by atoms with van der Waals surface area (Å²) >= 11 is 0. The quantitative estimate of drug-likeness (QED) is 0.716. The molecule has 0 bridgehead atoms. The van der Waals surface area contributed by atoms with E-state index in [1.54, 1.807) is 19.2 Å². The van der Waals surface area contributed by atoms with E-state index in [1.807, 2.05) is 12.1 Å². The van der Waals surface area contributed by atoms with Crippen LogP contribution in [-0.4, -0.2) is 44.4 Å². The van der Waals surface area contributed by atoms with Crippen LogP contribution in [0.25, 0.3) is 0 Å². The Labute approximate surface area is 142 Å². The number of ether oxygens (including phenoxy) is 2. The van der Waals surface area contributed by atoms with Gasteiger partial charge in [-0.05, 0) is 18.9 Å². The van der Waals surface area contributed by atoms with E-state index >= 15 is 0 Å². The highest BCUT2D eigenvalue weighted by atomic mass is 35.5. The molecule has 130 valence electrons. The average molecular weight is 345 g/mol. The minimum Gasteiger partial charge on any atom is -0.496 e. The molecule has 4 N–H and O–H groups in total. The van der Waals surface area contributed by atoms with Crippen molar-refractivity contribution < 1.29 is 19.4 Å². The molecular formula is C16H25ClN2O4. The molecule has 1 unspecified atom stereocenters. The summed E-state index contributed by atoms with van der Waals surface area (Å²) in [6.07, 6.45) is 0.398. The number of aliphatic hydroxyl groups is 1. The maximum Gasteiger partial charge on any atom is 0.227 e. The Morgan fingerprint density at radius 1 is 1.43 bits per heavy atom. The fourth-order valence-corrected chi connectivity index (χ4v) is 2.71. The molecule has 1 fully saturated rings. The van der Waals surface area contributed by atoms with Crippen molar-refractivity contribution in [3.63, 3.8) is 0 Å². The molecule has 0 spiro atoms. The van der Waals surface area contributed by atoms with E-state index in [0.717, 1.165) is 0 Å². The van der Waals surface area contributed by atoms with E-state index in [0.29, 0.717) is 37.4 Å². The number of carbonyl (C=O) groups excluding carboxylic acids is 1. The fourth-order valence-electron chi connectivity index (χ4n) is 2.71. The maximum atomic E-state index is 12.5. The molecule has 23 heavy (non-hydrogen) atoms. The number of rotatable bonds is 6. The Bertz CT molecular complexity index is 507. The number of carbonyl (C=O) groups is 1. The summed E-state index contributed by atoms with van der Waals surface area (Å²) in [4.78, 5) is 12.5. The monoisotopic (exact) mass is 344 g/mol. The second-order valence-electron chi connectivity index (χ2n) is 5.56. The van der Waals surface area contributed by atoms with Crippen molar-refractivity contribution in [2.45, 2.75) is 18.9 Å². The lowest BCUT2D eigenvalue weighted by Crippen LogP contribution is -2.49. The molecule has 6 nitrogen and oxygen atoms in total. The van der Waals surface area contributed by atoms with Gasteiger partial charge in [0.1, 0.15) is 5.75 Å². The first-order valence-electron chi connectivity index (χ1n) is 7.50. The Morgan fingerprint density at radius 2 is 2.09 bits per heavy atom. The second kappa shape index (κ2) is 9.08. The van der Waals surface area contributed by atoms with Gasteiger partial charge in [-0.3, -0.25) is 4.79 Å². The normalized spacial score (nSPS) is 17.7. The summed E-state index contributed by atoms with van der Waals surface area (Å²) in [5.41, 5.74) is 5.87. The van der Waals surface area contributed by atoms with Gasteiger partial charge in [0.05, 0.1) is 18.6 Å². The van der Waals surface area contributed by atoms with Gasteiger partial charge in [-0.2, -0.15) is 0 Å². The first-order chi connectivity index (χ1) is 10.6. The highest BCUT2D eigenvalue weighted by Crippen LogP contribution is 2.30. The van der Waals surface area contributed by atoms with Crippen LogP contribution in [0.1, 0.15) is 24.5 Å². The smallest absolute Gasteiger partial charge is 0.227 e. The van der Waals surface area contributed by atoms with Crippen molar-refractivity contribution in [1.82, 2.24) is 5.32 Å². The molecule has 1 heterocycles. The van der Waals surface area contributed by atoms with Gasteiger partial charge in [-0.25, -0.2) is 0 Å². The highest BCUT2D eigenvalue weighted by Gasteiger charge is 2.38. The molecule has 1 aliphatic rings.